The lowest BCUT2D eigenvalue weighted by Gasteiger charge is -2.26. The fourth-order valence-corrected chi connectivity index (χ4v) is 2.58. The molecule has 2 aromatic rings. The van der Waals surface area contributed by atoms with Gasteiger partial charge in [-0.1, -0.05) is 0 Å². The molecule has 3 rings (SSSR count). The van der Waals surface area contributed by atoms with Gasteiger partial charge >= 0.3 is 0 Å². The zero-order chi connectivity index (χ0) is 14.8. The molecule has 0 radical (unpaired) electrons. The van der Waals surface area contributed by atoms with Crippen LogP contribution in [0.3, 0.4) is 0 Å². The van der Waals surface area contributed by atoms with Gasteiger partial charge in [-0.2, -0.15) is 5.10 Å². The molecule has 6 heteroatoms. The van der Waals surface area contributed by atoms with Gasteiger partial charge in [0.25, 0.3) is 5.91 Å². The largest absolute Gasteiger partial charge is 0.378 e. The summed E-state index contributed by atoms with van der Waals surface area (Å²) in [6.45, 7) is 6.36. The molecule has 0 bridgehead atoms. The summed E-state index contributed by atoms with van der Waals surface area (Å²) in [5.74, 6) is 0.0285. The molecule has 1 fully saturated rings. The predicted molar refractivity (Wildman–Crippen MR) is 78.0 cm³/mol. The Labute approximate surface area is 123 Å². The average molecular weight is 286 g/mol. The van der Waals surface area contributed by atoms with Crippen LogP contribution < -0.4 is 0 Å². The van der Waals surface area contributed by atoms with Crippen LogP contribution in [0.4, 0.5) is 0 Å². The number of ether oxygens (including phenoxy) is 1. The molecule has 0 aliphatic carbocycles. The molecule has 21 heavy (non-hydrogen) atoms. The molecule has 6 nitrogen and oxygen atoms in total. The predicted octanol–water partition coefficient (Wildman–Crippen LogP) is 1.56. The highest BCUT2D eigenvalue weighted by atomic mass is 16.5. The molecular formula is C15H18N4O2. The van der Waals surface area contributed by atoms with E-state index in [4.69, 9.17) is 4.74 Å². The number of pyridine rings is 1. The Hall–Kier alpha value is -2.21. The second kappa shape index (κ2) is 5.65. The first-order chi connectivity index (χ1) is 10.2. The van der Waals surface area contributed by atoms with Crippen molar-refractivity contribution in [2.24, 2.45) is 0 Å². The maximum absolute atomic E-state index is 12.5. The molecule has 0 aromatic carbocycles. The Bertz CT molecular complexity index is 640. The lowest BCUT2D eigenvalue weighted by Crippen LogP contribution is -2.40. The Balaban J connectivity index is 1.91. The molecule has 0 atom stereocenters. The summed E-state index contributed by atoms with van der Waals surface area (Å²) in [4.78, 5) is 18.7. The Kier molecular flexibility index (Phi) is 3.70. The highest BCUT2D eigenvalue weighted by molar-refractivity contribution is 5.95. The van der Waals surface area contributed by atoms with Crippen molar-refractivity contribution in [1.82, 2.24) is 20.1 Å². The summed E-state index contributed by atoms with van der Waals surface area (Å²) >= 11 is 0. The van der Waals surface area contributed by atoms with Crippen molar-refractivity contribution >= 4 is 5.91 Å². The number of carbonyl (C=O) groups excluding carboxylic acids is 1. The van der Waals surface area contributed by atoms with Crippen molar-refractivity contribution in [3.8, 4) is 11.3 Å². The number of rotatable bonds is 2. The second-order valence-corrected chi connectivity index (χ2v) is 5.14. The number of morpholine rings is 1. The van der Waals surface area contributed by atoms with Crippen LogP contribution >= 0.6 is 0 Å². The monoisotopic (exact) mass is 286 g/mol. The molecule has 2 aromatic heterocycles. The van der Waals surface area contributed by atoms with Gasteiger partial charge in [0, 0.05) is 36.1 Å². The zero-order valence-electron chi connectivity index (χ0n) is 12.2. The minimum atomic E-state index is 0.0285. The van der Waals surface area contributed by atoms with E-state index in [9.17, 15) is 4.79 Å². The van der Waals surface area contributed by atoms with E-state index < -0.39 is 0 Å². The van der Waals surface area contributed by atoms with Crippen molar-refractivity contribution in [3.05, 3.63) is 35.3 Å². The third kappa shape index (κ3) is 2.67. The number of aryl methyl sites for hydroxylation is 2. The van der Waals surface area contributed by atoms with E-state index in [0.717, 1.165) is 22.6 Å². The lowest BCUT2D eigenvalue weighted by atomic mass is 10.1. The summed E-state index contributed by atoms with van der Waals surface area (Å²) in [5.41, 5.74) is 4.23. The van der Waals surface area contributed by atoms with E-state index in [0.29, 0.717) is 31.9 Å². The van der Waals surface area contributed by atoms with Crippen molar-refractivity contribution in [2.75, 3.05) is 26.3 Å². The molecule has 3 heterocycles. The molecule has 110 valence electrons. The number of nitrogens with one attached hydrogen (secondary N) is 1. The maximum Gasteiger partial charge on any atom is 0.254 e. The van der Waals surface area contributed by atoms with Crippen molar-refractivity contribution in [1.29, 1.82) is 0 Å². The SMILES string of the molecule is Cc1n[nH]c(C)c1-c1cc(C(=O)N2CCOCC2)ccn1. The third-order valence-electron chi connectivity index (χ3n) is 3.69. The highest BCUT2D eigenvalue weighted by Crippen LogP contribution is 2.24. The van der Waals surface area contributed by atoms with E-state index in [1.165, 1.54) is 0 Å². The van der Waals surface area contributed by atoms with Crippen molar-refractivity contribution in [2.45, 2.75) is 13.8 Å². The standard InChI is InChI=1S/C15H18N4O2/c1-10-14(11(2)18-17-10)13-9-12(3-4-16-13)15(20)19-5-7-21-8-6-19/h3-4,9H,5-8H2,1-2H3,(H,17,18). The van der Waals surface area contributed by atoms with Crippen LogP contribution in [-0.4, -0.2) is 52.3 Å². The topological polar surface area (TPSA) is 71.1 Å². The fourth-order valence-electron chi connectivity index (χ4n) is 2.58. The van der Waals surface area contributed by atoms with Gasteiger partial charge in [-0.3, -0.25) is 14.9 Å². The first-order valence-corrected chi connectivity index (χ1v) is 7.02. The van der Waals surface area contributed by atoms with Gasteiger partial charge in [0.15, 0.2) is 0 Å². The summed E-state index contributed by atoms with van der Waals surface area (Å²) in [7, 11) is 0. The van der Waals surface area contributed by atoms with Crippen LogP contribution in [0.1, 0.15) is 21.7 Å². The van der Waals surface area contributed by atoms with E-state index in [2.05, 4.69) is 15.2 Å². The molecular weight excluding hydrogens is 268 g/mol. The van der Waals surface area contributed by atoms with Crippen LogP contribution in [0.25, 0.3) is 11.3 Å². The quantitative estimate of drug-likeness (QED) is 0.909. The summed E-state index contributed by atoms with van der Waals surface area (Å²) in [6.07, 6.45) is 1.68. The zero-order valence-corrected chi connectivity index (χ0v) is 12.2. The normalized spacial score (nSPS) is 15.2. The van der Waals surface area contributed by atoms with E-state index in [1.54, 1.807) is 12.3 Å². The van der Waals surface area contributed by atoms with Gasteiger partial charge < -0.3 is 9.64 Å². The van der Waals surface area contributed by atoms with Gasteiger partial charge in [-0.05, 0) is 26.0 Å². The van der Waals surface area contributed by atoms with Gasteiger partial charge in [0.1, 0.15) is 0 Å². The molecule has 0 unspecified atom stereocenters. The Morgan fingerprint density at radius 1 is 1.33 bits per heavy atom. The van der Waals surface area contributed by atoms with Crippen LogP contribution in [0.5, 0.6) is 0 Å². The number of aromatic amines is 1. The van der Waals surface area contributed by atoms with Crippen molar-refractivity contribution in [3.63, 3.8) is 0 Å². The number of hydrogen-bond acceptors (Lipinski definition) is 4. The van der Waals surface area contributed by atoms with Gasteiger partial charge in [0.2, 0.25) is 0 Å². The number of aromatic nitrogens is 3. The first kappa shape index (κ1) is 13.8. The van der Waals surface area contributed by atoms with Crippen LogP contribution in [-0.2, 0) is 4.74 Å². The van der Waals surface area contributed by atoms with E-state index in [1.807, 2.05) is 24.8 Å². The van der Waals surface area contributed by atoms with Gasteiger partial charge in [-0.15, -0.1) is 0 Å². The minimum absolute atomic E-state index is 0.0285. The average Bonchev–Trinajstić information content (AvgIpc) is 2.86. The molecule has 1 aliphatic heterocycles. The maximum atomic E-state index is 12.5. The van der Waals surface area contributed by atoms with Gasteiger partial charge in [-0.25, -0.2) is 0 Å². The Morgan fingerprint density at radius 2 is 2.10 bits per heavy atom. The van der Waals surface area contributed by atoms with Crippen molar-refractivity contribution < 1.29 is 9.53 Å². The summed E-state index contributed by atoms with van der Waals surface area (Å²) < 4.78 is 5.28. The lowest BCUT2D eigenvalue weighted by molar-refractivity contribution is 0.0303. The number of carbonyl (C=O) groups is 1. The van der Waals surface area contributed by atoms with Crippen LogP contribution in [0.2, 0.25) is 0 Å². The Morgan fingerprint density at radius 3 is 2.76 bits per heavy atom. The van der Waals surface area contributed by atoms with Crippen LogP contribution in [0, 0.1) is 13.8 Å². The summed E-state index contributed by atoms with van der Waals surface area (Å²) in [5, 5.41) is 7.13. The summed E-state index contributed by atoms with van der Waals surface area (Å²) in [6, 6.07) is 3.59. The molecule has 1 amide bonds. The molecule has 1 aliphatic rings. The van der Waals surface area contributed by atoms with Crippen LogP contribution in [0.15, 0.2) is 18.3 Å². The van der Waals surface area contributed by atoms with Gasteiger partial charge in [0.05, 0.1) is 24.6 Å². The number of hydrogen-bond donors (Lipinski definition) is 1. The molecule has 0 spiro atoms. The van der Waals surface area contributed by atoms with E-state index >= 15 is 0 Å². The number of H-pyrrole nitrogens is 1. The molecule has 1 N–H and O–H groups in total. The third-order valence-corrected chi connectivity index (χ3v) is 3.69. The molecule has 1 saturated heterocycles. The highest BCUT2D eigenvalue weighted by Gasteiger charge is 2.20. The number of nitrogens with zero attached hydrogens (tertiary/aromatic N) is 3. The minimum Gasteiger partial charge on any atom is -0.378 e. The molecule has 0 saturated carbocycles. The fraction of sp³-hybridized carbons (Fsp3) is 0.400. The van der Waals surface area contributed by atoms with E-state index in [-0.39, 0.29) is 5.91 Å². The first-order valence-electron chi connectivity index (χ1n) is 7.02. The second-order valence-electron chi connectivity index (χ2n) is 5.14. The smallest absolute Gasteiger partial charge is 0.254 e. The number of amides is 1.